The Balaban J connectivity index is 0.00000280. The van der Waals surface area contributed by atoms with E-state index in [4.69, 9.17) is 14.5 Å². The van der Waals surface area contributed by atoms with Crippen LogP contribution in [0.15, 0.2) is 40.7 Å². The van der Waals surface area contributed by atoms with Crippen molar-refractivity contribution in [2.24, 2.45) is 10.9 Å². The molecule has 0 spiro atoms. The van der Waals surface area contributed by atoms with Gasteiger partial charge in [-0.05, 0) is 43.3 Å². The highest BCUT2D eigenvalue weighted by molar-refractivity contribution is 14.0. The predicted octanol–water partition coefficient (Wildman–Crippen LogP) is 4.35. The molecule has 2 heterocycles. The van der Waals surface area contributed by atoms with Crippen LogP contribution in [-0.2, 0) is 17.8 Å². The minimum Gasteiger partial charge on any atom is -0.493 e. The summed E-state index contributed by atoms with van der Waals surface area (Å²) in [6.07, 6.45) is 1.08. The molecule has 0 saturated carbocycles. The lowest BCUT2D eigenvalue weighted by Crippen LogP contribution is -2.36. The van der Waals surface area contributed by atoms with Crippen LogP contribution in [0.4, 0.5) is 0 Å². The molecule has 28 heavy (non-hydrogen) atoms. The van der Waals surface area contributed by atoms with Crippen LogP contribution in [0.1, 0.15) is 29.3 Å². The van der Waals surface area contributed by atoms with E-state index in [1.807, 2.05) is 0 Å². The van der Waals surface area contributed by atoms with E-state index in [1.54, 1.807) is 11.3 Å². The summed E-state index contributed by atoms with van der Waals surface area (Å²) in [7, 11) is 0. The largest absolute Gasteiger partial charge is 0.493 e. The van der Waals surface area contributed by atoms with E-state index in [0.29, 0.717) is 19.1 Å². The van der Waals surface area contributed by atoms with Crippen LogP contribution >= 0.6 is 35.3 Å². The monoisotopic (exact) mass is 515 g/mol. The number of nitrogens with one attached hydrogen (secondary N) is 2. The van der Waals surface area contributed by atoms with E-state index in [9.17, 15) is 0 Å². The van der Waals surface area contributed by atoms with Crippen LogP contribution in [0.2, 0.25) is 0 Å². The topological polar surface area (TPSA) is 54.9 Å². The van der Waals surface area contributed by atoms with Crippen molar-refractivity contribution in [1.29, 1.82) is 0 Å². The van der Waals surface area contributed by atoms with Gasteiger partial charge in [-0.15, -0.1) is 35.3 Å². The van der Waals surface area contributed by atoms with Crippen LogP contribution in [0, 0.1) is 12.8 Å². The van der Waals surface area contributed by atoms with Gasteiger partial charge in [0.1, 0.15) is 5.75 Å². The molecule has 1 unspecified atom stereocenters. The summed E-state index contributed by atoms with van der Waals surface area (Å²) in [5.41, 5.74) is 2.30. The van der Waals surface area contributed by atoms with Crippen LogP contribution in [-0.4, -0.2) is 32.3 Å². The van der Waals surface area contributed by atoms with Gasteiger partial charge < -0.3 is 20.1 Å². The Bertz CT molecular complexity index is 731. The number of rotatable bonds is 8. The molecule has 1 aromatic heterocycles. The lowest BCUT2D eigenvalue weighted by atomic mass is 10.1. The molecule has 1 aliphatic heterocycles. The Kier molecular flexibility index (Phi) is 10.1. The van der Waals surface area contributed by atoms with Crippen molar-refractivity contribution in [3.8, 4) is 5.75 Å². The molecule has 1 atom stereocenters. The molecule has 5 nitrogen and oxygen atoms in total. The zero-order valence-electron chi connectivity index (χ0n) is 16.6. The van der Waals surface area contributed by atoms with Gasteiger partial charge in [-0.3, -0.25) is 0 Å². The number of aliphatic imine (C=N–C) groups is 1. The van der Waals surface area contributed by atoms with E-state index in [0.717, 1.165) is 50.0 Å². The molecule has 1 fully saturated rings. The van der Waals surface area contributed by atoms with Gasteiger partial charge in [0.2, 0.25) is 0 Å². The summed E-state index contributed by atoms with van der Waals surface area (Å²) in [5, 5.41) is 8.79. The molecule has 3 rings (SSSR count). The summed E-state index contributed by atoms with van der Waals surface area (Å²) < 4.78 is 11.6. The molecule has 1 aliphatic rings. The molecule has 1 aromatic carbocycles. The fourth-order valence-corrected chi connectivity index (χ4v) is 3.58. The van der Waals surface area contributed by atoms with Crippen molar-refractivity contribution in [3.05, 3.63) is 51.7 Å². The average Bonchev–Trinajstić information content (AvgIpc) is 3.37. The Morgan fingerprint density at radius 2 is 2.21 bits per heavy atom. The number of aryl methyl sites for hydroxylation is 1. The molecular formula is C21H30IN3O2S. The van der Waals surface area contributed by atoms with E-state index in [2.05, 4.69) is 60.2 Å². The Morgan fingerprint density at radius 3 is 2.93 bits per heavy atom. The molecule has 7 heteroatoms. The number of guanidine groups is 1. The zero-order chi connectivity index (χ0) is 18.9. The first-order valence-corrected chi connectivity index (χ1v) is 10.5. The first kappa shape index (κ1) is 23.0. The van der Waals surface area contributed by atoms with Crippen LogP contribution in [0.25, 0.3) is 0 Å². The third-order valence-corrected chi connectivity index (χ3v) is 5.36. The number of hydrogen-bond donors (Lipinski definition) is 2. The van der Waals surface area contributed by atoms with E-state index < -0.39 is 0 Å². The highest BCUT2D eigenvalue weighted by atomic mass is 127. The van der Waals surface area contributed by atoms with Gasteiger partial charge in [0, 0.05) is 29.5 Å². The maximum Gasteiger partial charge on any atom is 0.191 e. The van der Waals surface area contributed by atoms with Gasteiger partial charge >= 0.3 is 0 Å². The van der Waals surface area contributed by atoms with Crippen LogP contribution < -0.4 is 15.4 Å². The number of nitrogens with zero attached hydrogens (tertiary/aromatic N) is 1. The summed E-state index contributed by atoms with van der Waals surface area (Å²) in [6.45, 7) is 8.71. The van der Waals surface area contributed by atoms with Crippen molar-refractivity contribution in [1.82, 2.24) is 10.6 Å². The molecule has 154 valence electrons. The van der Waals surface area contributed by atoms with Gasteiger partial charge in [-0.2, -0.15) is 0 Å². The van der Waals surface area contributed by atoms with Gasteiger partial charge in [0.15, 0.2) is 5.96 Å². The van der Waals surface area contributed by atoms with E-state index >= 15 is 0 Å². The molecule has 0 aliphatic carbocycles. The third-order valence-electron chi connectivity index (χ3n) is 4.48. The van der Waals surface area contributed by atoms with E-state index in [-0.39, 0.29) is 24.0 Å². The molecule has 2 N–H and O–H groups in total. The van der Waals surface area contributed by atoms with Crippen molar-refractivity contribution in [2.75, 3.05) is 26.4 Å². The lowest BCUT2D eigenvalue weighted by Gasteiger charge is -2.15. The minimum absolute atomic E-state index is 0. The Morgan fingerprint density at radius 1 is 1.32 bits per heavy atom. The molecule has 0 amide bonds. The summed E-state index contributed by atoms with van der Waals surface area (Å²) in [4.78, 5) is 6.04. The van der Waals surface area contributed by atoms with Crippen LogP contribution in [0.3, 0.4) is 0 Å². The fraction of sp³-hybridized carbons (Fsp3) is 0.476. The number of ether oxygens (including phenoxy) is 2. The van der Waals surface area contributed by atoms with Crippen molar-refractivity contribution >= 4 is 41.3 Å². The molecular weight excluding hydrogens is 485 g/mol. The third kappa shape index (κ3) is 7.25. The van der Waals surface area contributed by atoms with Gasteiger partial charge in [0.05, 0.1) is 26.3 Å². The Hall–Kier alpha value is -1.32. The van der Waals surface area contributed by atoms with Crippen molar-refractivity contribution < 1.29 is 9.47 Å². The second-order valence-corrected chi connectivity index (χ2v) is 7.81. The zero-order valence-corrected chi connectivity index (χ0v) is 19.7. The van der Waals surface area contributed by atoms with Gasteiger partial charge in [0.25, 0.3) is 0 Å². The number of hydrogen-bond acceptors (Lipinski definition) is 4. The number of halogens is 1. The lowest BCUT2D eigenvalue weighted by molar-refractivity contribution is 0.166. The van der Waals surface area contributed by atoms with Gasteiger partial charge in [-0.1, -0.05) is 18.2 Å². The smallest absolute Gasteiger partial charge is 0.191 e. The average molecular weight is 515 g/mol. The van der Waals surface area contributed by atoms with Crippen molar-refractivity contribution in [2.45, 2.75) is 33.4 Å². The van der Waals surface area contributed by atoms with E-state index in [1.165, 1.54) is 10.4 Å². The second-order valence-electron chi connectivity index (χ2n) is 6.78. The quantitative estimate of drug-likeness (QED) is 0.312. The molecule has 0 bridgehead atoms. The normalized spacial score (nSPS) is 16.5. The highest BCUT2D eigenvalue weighted by Gasteiger charge is 2.17. The van der Waals surface area contributed by atoms with Gasteiger partial charge in [-0.25, -0.2) is 4.99 Å². The maximum atomic E-state index is 6.12. The Labute approximate surface area is 189 Å². The molecule has 0 radical (unpaired) electrons. The second kappa shape index (κ2) is 12.3. The minimum atomic E-state index is 0. The first-order chi connectivity index (χ1) is 13.2. The SMILES string of the molecule is CCNC(=NCc1ccc(C)cc1OCC1CCOC1)NCc1cccs1.I. The van der Waals surface area contributed by atoms with Crippen LogP contribution in [0.5, 0.6) is 5.75 Å². The number of benzene rings is 1. The molecule has 1 saturated heterocycles. The highest BCUT2D eigenvalue weighted by Crippen LogP contribution is 2.23. The summed E-state index contributed by atoms with van der Waals surface area (Å²) >= 11 is 1.74. The summed E-state index contributed by atoms with van der Waals surface area (Å²) in [5.74, 6) is 2.24. The summed E-state index contributed by atoms with van der Waals surface area (Å²) in [6, 6.07) is 10.5. The number of thiophene rings is 1. The maximum absolute atomic E-state index is 6.12. The predicted molar refractivity (Wildman–Crippen MR) is 127 cm³/mol. The fourth-order valence-electron chi connectivity index (χ4n) is 2.94. The molecule has 2 aromatic rings. The first-order valence-electron chi connectivity index (χ1n) is 9.59. The standard InChI is InChI=1S/C21H29N3O2S.HI/c1-3-22-21(24-13-19-5-4-10-27-19)23-12-18-7-6-16(2)11-20(18)26-15-17-8-9-25-14-17;/h4-7,10-11,17H,3,8-9,12-15H2,1-2H3,(H2,22,23,24);1H. The van der Waals surface area contributed by atoms with Crippen molar-refractivity contribution in [3.63, 3.8) is 0 Å².